The van der Waals surface area contributed by atoms with E-state index >= 15 is 0 Å². The molecule has 0 fully saturated rings. The summed E-state index contributed by atoms with van der Waals surface area (Å²) in [5.41, 5.74) is 7.35. The summed E-state index contributed by atoms with van der Waals surface area (Å²) in [6, 6.07) is 15.4. The van der Waals surface area contributed by atoms with E-state index in [0.717, 1.165) is 11.1 Å². The SMILES string of the molecule is CC(=O)N[C@@H](C(=O)N[C@@H](Cc1cccc(OCc2ccccc2)c1)C(N)=O)C(C)C. The maximum absolute atomic E-state index is 12.6. The predicted molar refractivity (Wildman–Crippen MR) is 114 cm³/mol. The number of nitrogens with one attached hydrogen (secondary N) is 2. The molecule has 4 N–H and O–H groups in total. The number of carbonyl (C=O) groups is 3. The minimum atomic E-state index is -0.906. The number of rotatable bonds is 10. The Morgan fingerprint density at radius 3 is 2.23 bits per heavy atom. The smallest absolute Gasteiger partial charge is 0.243 e. The monoisotopic (exact) mass is 411 g/mol. The fourth-order valence-electron chi connectivity index (χ4n) is 2.98. The number of nitrogens with two attached hydrogens (primary N) is 1. The first kappa shape index (κ1) is 22.9. The molecule has 0 spiro atoms. The molecule has 160 valence electrons. The Hall–Kier alpha value is -3.35. The van der Waals surface area contributed by atoms with Crippen molar-refractivity contribution in [2.75, 3.05) is 0 Å². The van der Waals surface area contributed by atoms with E-state index in [-0.39, 0.29) is 18.2 Å². The lowest BCUT2D eigenvalue weighted by Crippen LogP contribution is -2.55. The molecule has 0 bridgehead atoms. The maximum Gasteiger partial charge on any atom is 0.243 e. The average molecular weight is 412 g/mol. The van der Waals surface area contributed by atoms with Crippen LogP contribution in [-0.4, -0.2) is 29.8 Å². The van der Waals surface area contributed by atoms with E-state index in [0.29, 0.717) is 12.4 Å². The van der Waals surface area contributed by atoms with Crippen molar-refractivity contribution in [3.8, 4) is 5.75 Å². The van der Waals surface area contributed by atoms with E-state index in [1.165, 1.54) is 6.92 Å². The summed E-state index contributed by atoms with van der Waals surface area (Å²) in [6.45, 7) is 5.39. The molecule has 3 amide bonds. The number of primary amides is 1. The van der Waals surface area contributed by atoms with Crippen LogP contribution in [0, 0.1) is 5.92 Å². The van der Waals surface area contributed by atoms with Crippen LogP contribution < -0.4 is 21.1 Å². The molecule has 0 aliphatic heterocycles. The minimum absolute atomic E-state index is 0.142. The lowest BCUT2D eigenvalue weighted by atomic mass is 10.0. The van der Waals surface area contributed by atoms with Crippen molar-refractivity contribution in [1.82, 2.24) is 10.6 Å². The minimum Gasteiger partial charge on any atom is -0.489 e. The number of hydrogen-bond donors (Lipinski definition) is 3. The van der Waals surface area contributed by atoms with Gasteiger partial charge in [-0.1, -0.05) is 56.3 Å². The topological polar surface area (TPSA) is 111 Å². The van der Waals surface area contributed by atoms with Crippen molar-refractivity contribution >= 4 is 17.7 Å². The van der Waals surface area contributed by atoms with Crippen molar-refractivity contribution in [3.63, 3.8) is 0 Å². The van der Waals surface area contributed by atoms with E-state index in [1.807, 2.05) is 68.4 Å². The molecule has 0 heterocycles. The van der Waals surface area contributed by atoms with Crippen LogP contribution >= 0.6 is 0 Å². The number of hydrogen-bond acceptors (Lipinski definition) is 4. The maximum atomic E-state index is 12.6. The molecule has 0 saturated carbocycles. The van der Waals surface area contributed by atoms with Crippen LogP contribution in [0.5, 0.6) is 5.75 Å². The Morgan fingerprint density at radius 2 is 1.63 bits per heavy atom. The van der Waals surface area contributed by atoms with Crippen LogP contribution in [0.25, 0.3) is 0 Å². The highest BCUT2D eigenvalue weighted by Gasteiger charge is 2.27. The fourth-order valence-corrected chi connectivity index (χ4v) is 2.98. The third-order valence-corrected chi connectivity index (χ3v) is 4.55. The molecule has 0 aromatic heterocycles. The third kappa shape index (κ3) is 7.24. The zero-order valence-electron chi connectivity index (χ0n) is 17.6. The molecule has 2 atom stereocenters. The van der Waals surface area contributed by atoms with E-state index < -0.39 is 23.9 Å². The summed E-state index contributed by atoms with van der Waals surface area (Å²) in [7, 11) is 0. The largest absolute Gasteiger partial charge is 0.489 e. The van der Waals surface area contributed by atoms with Crippen molar-refractivity contribution in [1.29, 1.82) is 0 Å². The van der Waals surface area contributed by atoms with Gasteiger partial charge in [-0.05, 0) is 29.2 Å². The molecule has 0 aliphatic carbocycles. The summed E-state index contributed by atoms with van der Waals surface area (Å²) in [4.78, 5) is 35.9. The first-order valence-corrected chi connectivity index (χ1v) is 9.88. The highest BCUT2D eigenvalue weighted by molar-refractivity contribution is 5.91. The van der Waals surface area contributed by atoms with Gasteiger partial charge in [-0.3, -0.25) is 14.4 Å². The van der Waals surface area contributed by atoms with E-state index in [4.69, 9.17) is 10.5 Å². The standard InChI is InChI=1S/C23H29N3O4/c1-15(2)21(25-16(3)27)23(29)26-20(22(24)28)13-18-10-7-11-19(12-18)30-14-17-8-5-4-6-9-17/h4-12,15,20-21H,13-14H2,1-3H3,(H2,24,28)(H,25,27)(H,26,29)/t20-,21+/m0/s1. The second-order valence-corrected chi connectivity index (χ2v) is 7.51. The fraction of sp³-hybridized carbons (Fsp3) is 0.348. The summed E-state index contributed by atoms with van der Waals surface area (Å²) >= 11 is 0. The average Bonchev–Trinajstić information content (AvgIpc) is 2.70. The van der Waals surface area contributed by atoms with Gasteiger partial charge in [0.1, 0.15) is 24.4 Å². The predicted octanol–water partition coefficient (Wildman–Crippen LogP) is 1.94. The molecular formula is C23H29N3O4. The summed E-state index contributed by atoms with van der Waals surface area (Å²) in [5.74, 6) is -0.895. The van der Waals surface area contributed by atoms with Crippen molar-refractivity contribution in [2.24, 2.45) is 11.7 Å². The highest BCUT2D eigenvalue weighted by atomic mass is 16.5. The zero-order chi connectivity index (χ0) is 22.1. The van der Waals surface area contributed by atoms with Crippen molar-refractivity contribution < 1.29 is 19.1 Å². The van der Waals surface area contributed by atoms with Crippen LogP contribution in [0.1, 0.15) is 31.9 Å². The molecule has 2 aromatic carbocycles. The number of ether oxygens (including phenoxy) is 1. The Balaban J connectivity index is 2.04. The van der Waals surface area contributed by atoms with Gasteiger partial charge in [-0.15, -0.1) is 0 Å². The van der Waals surface area contributed by atoms with Crippen LogP contribution in [0.15, 0.2) is 54.6 Å². The Morgan fingerprint density at radius 1 is 0.967 bits per heavy atom. The summed E-state index contributed by atoms with van der Waals surface area (Å²) in [6.07, 6.45) is 0.217. The molecule has 30 heavy (non-hydrogen) atoms. The third-order valence-electron chi connectivity index (χ3n) is 4.55. The molecule has 0 unspecified atom stereocenters. The van der Waals surface area contributed by atoms with Gasteiger partial charge in [-0.25, -0.2) is 0 Å². The van der Waals surface area contributed by atoms with E-state index in [2.05, 4.69) is 10.6 Å². The van der Waals surface area contributed by atoms with Gasteiger partial charge in [0.05, 0.1) is 0 Å². The molecular weight excluding hydrogens is 382 g/mol. The molecule has 7 nitrogen and oxygen atoms in total. The molecule has 2 aromatic rings. The van der Waals surface area contributed by atoms with Crippen molar-refractivity contribution in [3.05, 3.63) is 65.7 Å². The molecule has 7 heteroatoms. The Labute approximate surface area is 177 Å². The van der Waals surface area contributed by atoms with Gasteiger partial charge in [0.25, 0.3) is 0 Å². The molecule has 0 radical (unpaired) electrons. The molecule has 0 aliphatic rings. The summed E-state index contributed by atoms with van der Waals surface area (Å²) in [5, 5.41) is 5.27. The Kier molecular flexibility index (Phi) is 8.41. The van der Waals surface area contributed by atoms with Gasteiger partial charge in [0.15, 0.2) is 0 Å². The zero-order valence-corrected chi connectivity index (χ0v) is 17.6. The van der Waals surface area contributed by atoms with Crippen LogP contribution in [0.3, 0.4) is 0 Å². The summed E-state index contributed by atoms with van der Waals surface area (Å²) < 4.78 is 5.82. The second-order valence-electron chi connectivity index (χ2n) is 7.51. The first-order valence-electron chi connectivity index (χ1n) is 9.88. The van der Waals surface area contributed by atoms with Gasteiger partial charge in [0, 0.05) is 13.3 Å². The van der Waals surface area contributed by atoms with Crippen LogP contribution in [0.2, 0.25) is 0 Å². The van der Waals surface area contributed by atoms with Crippen LogP contribution in [0.4, 0.5) is 0 Å². The normalized spacial score (nSPS) is 12.7. The quantitative estimate of drug-likeness (QED) is 0.555. The molecule has 2 rings (SSSR count). The Bertz CT molecular complexity index is 868. The number of carbonyl (C=O) groups excluding carboxylic acids is 3. The van der Waals surface area contributed by atoms with Gasteiger partial charge in [-0.2, -0.15) is 0 Å². The van der Waals surface area contributed by atoms with Gasteiger partial charge < -0.3 is 21.1 Å². The van der Waals surface area contributed by atoms with Crippen molar-refractivity contribution in [2.45, 2.75) is 45.9 Å². The second kappa shape index (κ2) is 11.0. The lowest BCUT2D eigenvalue weighted by molar-refractivity contribution is -0.131. The number of amides is 3. The lowest BCUT2D eigenvalue weighted by Gasteiger charge is -2.24. The highest BCUT2D eigenvalue weighted by Crippen LogP contribution is 2.17. The molecule has 0 saturated heterocycles. The van der Waals surface area contributed by atoms with Crippen LogP contribution in [-0.2, 0) is 27.4 Å². The number of benzene rings is 2. The van der Waals surface area contributed by atoms with E-state index in [9.17, 15) is 14.4 Å². The first-order chi connectivity index (χ1) is 14.3. The van der Waals surface area contributed by atoms with Gasteiger partial charge >= 0.3 is 0 Å². The van der Waals surface area contributed by atoms with Gasteiger partial charge in [0.2, 0.25) is 17.7 Å². The van der Waals surface area contributed by atoms with E-state index in [1.54, 1.807) is 0 Å².